The summed E-state index contributed by atoms with van der Waals surface area (Å²) in [6, 6.07) is 7.49. The van der Waals surface area contributed by atoms with Crippen LogP contribution in [-0.2, 0) is 6.61 Å². The molecule has 0 unspecified atom stereocenters. The minimum absolute atomic E-state index is 0.110. The van der Waals surface area contributed by atoms with Gasteiger partial charge < -0.3 is 14.6 Å². The van der Waals surface area contributed by atoms with Crippen LogP contribution in [0.1, 0.15) is 5.56 Å². The summed E-state index contributed by atoms with van der Waals surface area (Å²) in [6.07, 6.45) is 1.47. The molecule has 0 spiro atoms. The van der Waals surface area contributed by atoms with Gasteiger partial charge in [0.05, 0.1) is 24.7 Å². The molecule has 0 bridgehead atoms. The molecule has 1 aromatic heterocycles. The van der Waals surface area contributed by atoms with Gasteiger partial charge in [-0.25, -0.2) is 4.98 Å². The van der Waals surface area contributed by atoms with E-state index in [1.807, 2.05) is 0 Å². The van der Waals surface area contributed by atoms with E-state index in [1.54, 1.807) is 18.2 Å². The molecule has 1 aromatic carbocycles. The van der Waals surface area contributed by atoms with Crippen LogP contribution in [0.5, 0.6) is 17.4 Å². The highest BCUT2D eigenvalue weighted by molar-refractivity contribution is 5.51. The number of hydrogen-bond donors (Lipinski definition) is 1. The molecule has 0 aliphatic carbocycles. The monoisotopic (exact) mass is 276 g/mol. The SMILES string of the molecule is COc1ccc(Oc2ccc(CO)cn2)cc1[N+](=O)[O-]. The Labute approximate surface area is 114 Å². The third-order valence-electron chi connectivity index (χ3n) is 2.55. The van der Waals surface area contributed by atoms with Crippen molar-refractivity contribution >= 4 is 5.69 Å². The Morgan fingerprint density at radius 1 is 1.35 bits per heavy atom. The Bertz CT molecular complexity index is 613. The van der Waals surface area contributed by atoms with Crippen molar-refractivity contribution in [2.45, 2.75) is 6.61 Å². The lowest BCUT2D eigenvalue weighted by Gasteiger charge is -2.07. The van der Waals surface area contributed by atoms with Gasteiger partial charge in [0, 0.05) is 12.3 Å². The van der Waals surface area contributed by atoms with E-state index in [4.69, 9.17) is 14.6 Å². The third-order valence-corrected chi connectivity index (χ3v) is 2.55. The largest absolute Gasteiger partial charge is 0.490 e. The van der Waals surface area contributed by atoms with Crippen LogP contribution in [0.2, 0.25) is 0 Å². The zero-order chi connectivity index (χ0) is 14.5. The Balaban J connectivity index is 2.24. The van der Waals surface area contributed by atoms with Gasteiger partial charge in [0.1, 0.15) is 5.75 Å². The summed E-state index contributed by atoms with van der Waals surface area (Å²) in [6.45, 7) is -0.110. The summed E-state index contributed by atoms with van der Waals surface area (Å²) >= 11 is 0. The molecule has 0 saturated heterocycles. The number of benzene rings is 1. The van der Waals surface area contributed by atoms with Crippen LogP contribution >= 0.6 is 0 Å². The fraction of sp³-hybridized carbons (Fsp3) is 0.154. The molecule has 0 fully saturated rings. The number of ether oxygens (including phenoxy) is 2. The molecule has 0 amide bonds. The zero-order valence-corrected chi connectivity index (χ0v) is 10.6. The van der Waals surface area contributed by atoms with Crippen LogP contribution in [0, 0.1) is 10.1 Å². The molecule has 2 aromatic rings. The van der Waals surface area contributed by atoms with E-state index in [1.165, 1.54) is 25.4 Å². The summed E-state index contributed by atoms with van der Waals surface area (Å²) in [4.78, 5) is 14.3. The van der Waals surface area contributed by atoms with Gasteiger partial charge in [0.25, 0.3) is 0 Å². The van der Waals surface area contributed by atoms with Gasteiger partial charge in [-0.05, 0) is 23.8 Å². The lowest BCUT2D eigenvalue weighted by atomic mass is 10.3. The van der Waals surface area contributed by atoms with Crippen LogP contribution in [0.25, 0.3) is 0 Å². The molecule has 7 heteroatoms. The zero-order valence-electron chi connectivity index (χ0n) is 10.6. The van der Waals surface area contributed by atoms with Gasteiger partial charge in [0.2, 0.25) is 5.88 Å². The van der Waals surface area contributed by atoms with Crippen molar-refractivity contribution < 1.29 is 19.5 Å². The second-order valence-corrected chi connectivity index (χ2v) is 3.86. The van der Waals surface area contributed by atoms with Crippen molar-refractivity contribution in [1.82, 2.24) is 4.98 Å². The average Bonchev–Trinajstić information content (AvgIpc) is 2.48. The van der Waals surface area contributed by atoms with E-state index in [0.29, 0.717) is 5.56 Å². The first-order valence-electron chi connectivity index (χ1n) is 5.70. The fourth-order valence-electron chi connectivity index (χ4n) is 1.56. The first kappa shape index (κ1) is 13.8. The number of nitro groups is 1. The summed E-state index contributed by atoms with van der Waals surface area (Å²) in [5, 5.41) is 19.8. The first-order valence-corrected chi connectivity index (χ1v) is 5.70. The summed E-state index contributed by atoms with van der Waals surface area (Å²) < 4.78 is 10.3. The quantitative estimate of drug-likeness (QED) is 0.665. The van der Waals surface area contributed by atoms with Crippen molar-refractivity contribution in [2.75, 3.05) is 7.11 Å². The molecule has 0 aliphatic rings. The number of hydrogen-bond acceptors (Lipinski definition) is 6. The van der Waals surface area contributed by atoms with Crippen molar-refractivity contribution in [3.8, 4) is 17.4 Å². The minimum Gasteiger partial charge on any atom is -0.490 e. The number of aliphatic hydroxyl groups is 1. The smallest absolute Gasteiger partial charge is 0.314 e. The van der Waals surface area contributed by atoms with E-state index in [0.717, 1.165) is 0 Å². The fourth-order valence-corrected chi connectivity index (χ4v) is 1.56. The highest BCUT2D eigenvalue weighted by atomic mass is 16.6. The van der Waals surface area contributed by atoms with Crippen LogP contribution in [0.4, 0.5) is 5.69 Å². The number of rotatable bonds is 5. The van der Waals surface area contributed by atoms with E-state index < -0.39 is 4.92 Å². The van der Waals surface area contributed by atoms with E-state index in [-0.39, 0.29) is 29.7 Å². The topological polar surface area (TPSA) is 94.7 Å². The predicted octanol–water partition coefficient (Wildman–Crippen LogP) is 2.28. The maximum absolute atomic E-state index is 10.9. The normalized spacial score (nSPS) is 10.1. The molecular formula is C13H12N2O5. The van der Waals surface area contributed by atoms with Gasteiger partial charge in [-0.1, -0.05) is 0 Å². The summed E-state index contributed by atoms with van der Waals surface area (Å²) in [5.74, 6) is 0.717. The Morgan fingerprint density at radius 3 is 2.70 bits per heavy atom. The molecule has 0 radical (unpaired) electrons. The number of nitrogens with zero attached hydrogens (tertiary/aromatic N) is 2. The number of pyridine rings is 1. The number of nitro benzene ring substituents is 1. The molecule has 1 N–H and O–H groups in total. The van der Waals surface area contributed by atoms with E-state index >= 15 is 0 Å². The second-order valence-electron chi connectivity index (χ2n) is 3.86. The molecule has 2 rings (SSSR count). The van der Waals surface area contributed by atoms with Gasteiger partial charge in [-0.3, -0.25) is 10.1 Å². The van der Waals surface area contributed by atoms with Crippen molar-refractivity contribution in [2.24, 2.45) is 0 Å². The highest BCUT2D eigenvalue weighted by Crippen LogP contribution is 2.32. The van der Waals surface area contributed by atoms with Gasteiger partial charge in [-0.2, -0.15) is 0 Å². The van der Waals surface area contributed by atoms with E-state index in [9.17, 15) is 10.1 Å². The second kappa shape index (κ2) is 5.98. The molecular weight excluding hydrogens is 264 g/mol. The molecule has 0 saturated carbocycles. The van der Waals surface area contributed by atoms with Crippen molar-refractivity contribution in [3.63, 3.8) is 0 Å². The molecule has 20 heavy (non-hydrogen) atoms. The maximum Gasteiger partial charge on any atom is 0.314 e. The van der Waals surface area contributed by atoms with Crippen molar-refractivity contribution in [1.29, 1.82) is 0 Å². The average molecular weight is 276 g/mol. The molecule has 7 nitrogen and oxygen atoms in total. The summed E-state index contributed by atoms with van der Waals surface area (Å²) in [7, 11) is 1.36. The van der Waals surface area contributed by atoms with Crippen molar-refractivity contribution in [3.05, 3.63) is 52.2 Å². The van der Waals surface area contributed by atoms with Crippen LogP contribution < -0.4 is 9.47 Å². The Morgan fingerprint density at radius 2 is 2.15 bits per heavy atom. The number of methoxy groups -OCH3 is 1. The molecule has 0 atom stereocenters. The highest BCUT2D eigenvalue weighted by Gasteiger charge is 2.16. The van der Waals surface area contributed by atoms with Crippen LogP contribution in [0.3, 0.4) is 0 Å². The number of aromatic nitrogens is 1. The Kier molecular flexibility index (Phi) is 4.11. The van der Waals surface area contributed by atoms with Crippen LogP contribution in [-0.4, -0.2) is 22.1 Å². The van der Waals surface area contributed by atoms with Crippen LogP contribution in [0.15, 0.2) is 36.5 Å². The lowest BCUT2D eigenvalue weighted by Crippen LogP contribution is -1.95. The molecule has 1 heterocycles. The van der Waals surface area contributed by atoms with Gasteiger partial charge >= 0.3 is 5.69 Å². The standard InChI is InChI=1S/C13H12N2O5/c1-19-12-4-3-10(6-11(12)15(17)18)20-13-5-2-9(8-16)7-14-13/h2-7,16H,8H2,1H3. The molecule has 0 aliphatic heterocycles. The third kappa shape index (κ3) is 3.01. The number of aliphatic hydroxyl groups excluding tert-OH is 1. The minimum atomic E-state index is -0.548. The molecule has 104 valence electrons. The summed E-state index contributed by atoms with van der Waals surface area (Å²) in [5.41, 5.74) is 0.468. The predicted molar refractivity (Wildman–Crippen MR) is 69.9 cm³/mol. The van der Waals surface area contributed by atoms with Gasteiger partial charge in [-0.15, -0.1) is 0 Å². The lowest BCUT2D eigenvalue weighted by molar-refractivity contribution is -0.385. The first-order chi connectivity index (χ1) is 9.63. The Hall–Kier alpha value is -2.67. The van der Waals surface area contributed by atoms with E-state index in [2.05, 4.69) is 4.98 Å². The van der Waals surface area contributed by atoms with Gasteiger partial charge in [0.15, 0.2) is 5.75 Å². The maximum atomic E-state index is 10.9.